The lowest BCUT2D eigenvalue weighted by Crippen LogP contribution is -2.45. The average Bonchev–Trinajstić information content (AvgIpc) is 2.61. The molecular weight excluding hydrogens is 278 g/mol. The molecule has 1 aromatic heterocycles. The maximum Gasteiger partial charge on any atom is 0.244 e. The third-order valence-electron chi connectivity index (χ3n) is 2.63. The molecule has 0 saturated heterocycles. The van der Waals surface area contributed by atoms with E-state index in [2.05, 4.69) is 30.6 Å². The first-order valence-electron chi connectivity index (χ1n) is 6.62. The van der Waals surface area contributed by atoms with Crippen molar-refractivity contribution in [1.29, 1.82) is 0 Å². The number of nitrogens with one attached hydrogen (secondary N) is 1. The van der Waals surface area contributed by atoms with E-state index in [9.17, 15) is 8.42 Å². The van der Waals surface area contributed by atoms with Crippen LogP contribution in [0.25, 0.3) is 0 Å². The predicted molar refractivity (Wildman–Crippen MR) is 77.8 cm³/mol. The number of hydrogen-bond acceptors (Lipinski definition) is 4. The second-order valence-electron chi connectivity index (χ2n) is 6.89. The van der Waals surface area contributed by atoms with Crippen LogP contribution in [-0.2, 0) is 16.6 Å². The summed E-state index contributed by atoms with van der Waals surface area (Å²) in [6.45, 7) is 10.2. The molecule has 1 heterocycles. The van der Waals surface area contributed by atoms with Crippen molar-refractivity contribution in [3.05, 3.63) is 12.4 Å². The zero-order valence-electron chi connectivity index (χ0n) is 12.8. The summed E-state index contributed by atoms with van der Waals surface area (Å²) in [5.41, 5.74) is -0.525. The quantitative estimate of drug-likeness (QED) is 0.831. The van der Waals surface area contributed by atoms with Gasteiger partial charge in [-0.1, -0.05) is 20.8 Å². The van der Waals surface area contributed by atoms with Gasteiger partial charge in [-0.25, -0.2) is 13.1 Å². The topological polar surface area (TPSA) is 84.2 Å². The van der Waals surface area contributed by atoms with Gasteiger partial charge in [-0.3, -0.25) is 4.68 Å². The summed E-state index contributed by atoms with van der Waals surface area (Å²) < 4.78 is 28.8. The highest BCUT2D eigenvalue weighted by Gasteiger charge is 2.31. The van der Waals surface area contributed by atoms with Crippen molar-refractivity contribution < 1.29 is 13.5 Å². The summed E-state index contributed by atoms with van der Waals surface area (Å²) in [6, 6.07) is 0. The number of aromatic nitrogens is 2. The van der Waals surface area contributed by atoms with E-state index in [4.69, 9.17) is 5.11 Å². The fourth-order valence-electron chi connectivity index (χ4n) is 2.49. The molecule has 0 amide bonds. The van der Waals surface area contributed by atoms with Crippen LogP contribution < -0.4 is 4.72 Å². The van der Waals surface area contributed by atoms with Gasteiger partial charge >= 0.3 is 0 Å². The Morgan fingerprint density at radius 2 is 1.90 bits per heavy atom. The number of hydrogen-bond donors (Lipinski definition) is 2. The molecule has 0 aliphatic heterocycles. The first-order valence-corrected chi connectivity index (χ1v) is 8.11. The summed E-state index contributed by atoms with van der Waals surface area (Å²) in [5.74, 6) is 0. The molecule has 1 aromatic rings. The van der Waals surface area contributed by atoms with Crippen LogP contribution in [0.5, 0.6) is 0 Å². The van der Waals surface area contributed by atoms with Crippen LogP contribution in [0.15, 0.2) is 17.3 Å². The van der Waals surface area contributed by atoms with Gasteiger partial charge in [-0.15, -0.1) is 0 Å². The summed E-state index contributed by atoms with van der Waals surface area (Å²) in [6.07, 6.45) is 3.43. The van der Waals surface area contributed by atoms with E-state index in [0.717, 1.165) is 0 Å². The van der Waals surface area contributed by atoms with Crippen LogP contribution in [0.2, 0.25) is 0 Å². The van der Waals surface area contributed by atoms with Gasteiger partial charge in [0.15, 0.2) is 0 Å². The zero-order valence-corrected chi connectivity index (χ0v) is 13.7. The van der Waals surface area contributed by atoms with Crippen LogP contribution in [0.3, 0.4) is 0 Å². The van der Waals surface area contributed by atoms with Crippen LogP contribution in [0.4, 0.5) is 0 Å². The number of aliphatic hydroxyl groups is 1. The number of aliphatic hydroxyl groups excluding tert-OH is 1. The highest BCUT2D eigenvalue weighted by molar-refractivity contribution is 7.89. The summed E-state index contributed by atoms with van der Waals surface area (Å²) in [5, 5.41) is 12.7. The number of nitrogens with zero attached hydrogens (tertiary/aromatic N) is 2. The smallest absolute Gasteiger partial charge is 0.244 e. The number of rotatable bonds is 6. The maximum atomic E-state index is 12.3. The number of sulfonamides is 1. The standard InChI is InChI=1S/C13H25N3O3S/c1-12(2,3)10-13(4,5)15-20(18,19)11-8-14-16(9-11)6-7-17/h8-9,15,17H,6-7,10H2,1-5H3. The largest absolute Gasteiger partial charge is 0.394 e. The Morgan fingerprint density at radius 1 is 1.30 bits per heavy atom. The Morgan fingerprint density at radius 3 is 2.40 bits per heavy atom. The van der Waals surface area contributed by atoms with E-state index in [1.807, 2.05) is 13.8 Å². The normalized spacial score (nSPS) is 13.7. The van der Waals surface area contributed by atoms with E-state index in [1.165, 1.54) is 17.1 Å². The molecule has 0 aromatic carbocycles. The molecule has 6 nitrogen and oxygen atoms in total. The third kappa shape index (κ3) is 5.22. The van der Waals surface area contributed by atoms with Crippen LogP contribution in [0.1, 0.15) is 41.0 Å². The lowest BCUT2D eigenvalue weighted by atomic mass is 9.82. The van der Waals surface area contributed by atoms with E-state index < -0.39 is 15.6 Å². The fourth-order valence-corrected chi connectivity index (χ4v) is 3.86. The minimum atomic E-state index is -3.60. The molecule has 0 aliphatic carbocycles. The maximum absolute atomic E-state index is 12.3. The molecular formula is C13H25N3O3S. The Labute approximate surface area is 121 Å². The van der Waals surface area contributed by atoms with Crippen LogP contribution in [-0.4, -0.2) is 35.5 Å². The summed E-state index contributed by atoms with van der Waals surface area (Å²) >= 11 is 0. The Kier molecular flexibility index (Phi) is 4.99. The summed E-state index contributed by atoms with van der Waals surface area (Å²) in [4.78, 5) is 0.118. The molecule has 116 valence electrons. The van der Waals surface area contributed by atoms with Gasteiger partial charge in [0.2, 0.25) is 10.0 Å². The van der Waals surface area contributed by atoms with Crippen molar-refractivity contribution in [3.63, 3.8) is 0 Å². The SMILES string of the molecule is CC(C)(C)CC(C)(C)NS(=O)(=O)c1cnn(CCO)c1. The van der Waals surface area contributed by atoms with Gasteiger partial charge in [0.05, 0.1) is 19.3 Å². The van der Waals surface area contributed by atoms with Gasteiger partial charge in [0.25, 0.3) is 0 Å². The molecule has 7 heteroatoms. The monoisotopic (exact) mass is 303 g/mol. The molecule has 0 spiro atoms. The predicted octanol–water partition coefficient (Wildman–Crippen LogP) is 1.37. The van der Waals surface area contributed by atoms with Crippen molar-refractivity contribution in [2.45, 2.75) is 58.0 Å². The minimum absolute atomic E-state index is 0.0209. The third-order valence-corrected chi connectivity index (χ3v) is 4.28. The molecule has 1 rings (SSSR count). The molecule has 0 radical (unpaired) electrons. The van der Waals surface area contributed by atoms with Crippen molar-refractivity contribution in [2.24, 2.45) is 5.41 Å². The summed E-state index contributed by atoms with van der Waals surface area (Å²) in [7, 11) is -3.60. The molecule has 0 saturated carbocycles. The molecule has 20 heavy (non-hydrogen) atoms. The lowest BCUT2D eigenvalue weighted by molar-refractivity contribution is 0.268. The molecule has 0 bridgehead atoms. The first kappa shape index (κ1) is 17.1. The van der Waals surface area contributed by atoms with Crippen LogP contribution >= 0.6 is 0 Å². The second-order valence-corrected chi connectivity index (χ2v) is 8.57. The van der Waals surface area contributed by atoms with Crippen molar-refractivity contribution >= 4 is 10.0 Å². The molecule has 2 N–H and O–H groups in total. The molecule has 0 fully saturated rings. The Balaban J connectivity index is 2.88. The van der Waals surface area contributed by atoms with E-state index in [-0.39, 0.29) is 23.5 Å². The second kappa shape index (κ2) is 5.83. The van der Waals surface area contributed by atoms with Gasteiger partial charge in [0.1, 0.15) is 4.90 Å². The van der Waals surface area contributed by atoms with Crippen molar-refractivity contribution in [1.82, 2.24) is 14.5 Å². The molecule has 0 aliphatic rings. The Hall–Kier alpha value is -0.920. The van der Waals surface area contributed by atoms with Crippen molar-refractivity contribution in [3.8, 4) is 0 Å². The van der Waals surface area contributed by atoms with Gasteiger partial charge in [-0.05, 0) is 25.7 Å². The van der Waals surface area contributed by atoms with Gasteiger partial charge in [-0.2, -0.15) is 5.10 Å². The first-order chi connectivity index (χ1) is 8.95. The van der Waals surface area contributed by atoms with Crippen molar-refractivity contribution in [2.75, 3.05) is 6.61 Å². The van der Waals surface area contributed by atoms with Gasteiger partial charge < -0.3 is 5.11 Å². The fraction of sp³-hybridized carbons (Fsp3) is 0.769. The van der Waals surface area contributed by atoms with E-state index >= 15 is 0 Å². The Bertz CT molecular complexity index is 541. The highest BCUT2D eigenvalue weighted by Crippen LogP contribution is 2.28. The lowest BCUT2D eigenvalue weighted by Gasteiger charge is -2.32. The highest BCUT2D eigenvalue weighted by atomic mass is 32.2. The average molecular weight is 303 g/mol. The minimum Gasteiger partial charge on any atom is -0.394 e. The van der Waals surface area contributed by atoms with Gasteiger partial charge in [0, 0.05) is 11.7 Å². The van der Waals surface area contributed by atoms with E-state index in [0.29, 0.717) is 6.42 Å². The van der Waals surface area contributed by atoms with Crippen LogP contribution in [0, 0.1) is 5.41 Å². The molecule has 0 atom stereocenters. The van der Waals surface area contributed by atoms with E-state index in [1.54, 1.807) is 0 Å². The molecule has 0 unspecified atom stereocenters. The zero-order chi connectivity index (χ0) is 15.6.